The Hall–Kier alpha value is -10.2. The first kappa shape index (κ1) is 90.7. The van der Waals surface area contributed by atoms with Crippen molar-refractivity contribution in [2.45, 2.75) is 156 Å². The number of ether oxygens (including phenoxy) is 7. The minimum Gasteiger partial charge on any atom is -0.394 e. The average molecular weight is 1920 g/mol. The lowest BCUT2D eigenvalue weighted by Crippen LogP contribution is -2.34. The van der Waals surface area contributed by atoms with E-state index in [-0.39, 0.29) is 111 Å². The summed E-state index contributed by atoms with van der Waals surface area (Å²) in [7, 11) is -26.2. The SMILES string of the molecule is COCCc1cn(C2CC(OP(=O)(O)OCC3OC(n4cnc5c(=O)[nH]c(N)nc54)CC3OP(=O)(O)OCC3OC(n4cnc5c(=O)[nH]c(N)nc54)CC3OP(=O)(O)OCC3OC(n4cnc5c(=O)[nH]c(N)nc54)CC3OP(=O)(O)OCC3OC(n4cnc5c(N)ncnc54)CC3OP(=O)(O)OCC3OC(n4cnc5c(=O)[nH]c(N)nc54)CC3O)C(CO)O2)c(=O)[nH]c1=O. The van der Waals surface area contributed by atoms with Crippen molar-refractivity contribution >= 4 is 125 Å². The number of aromatic amines is 5. The maximum atomic E-state index is 14.7. The monoisotopic (exact) mass is 1920 g/mol. The fraction of sp³-hybridized carbons (Fsp3) is 0.532. The predicted molar refractivity (Wildman–Crippen MR) is 424 cm³/mol. The number of aliphatic hydroxyl groups is 2. The molecule has 6 saturated heterocycles. The fourth-order valence-electron chi connectivity index (χ4n) is 15.4. The number of methoxy groups -OCH3 is 1. The van der Waals surface area contributed by atoms with Crippen molar-refractivity contribution < 1.29 is 136 Å². The maximum Gasteiger partial charge on any atom is 0.472 e. The number of nitrogens with one attached hydrogen (secondary N) is 5. The summed E-state index contributed by atoms with van der Waals surface area (Å²) in [6.07, 6.45) is -21.7. The van der Waals surface area contributed by atoms with Gasteiger partial charge in [-0.05, 0) is 0 Å². The van der Waals surface area contributed by atoms with Crippen molar-refractivity contribution in [1.82, 2.24) is 107 Å². The Labute approximate surface area is 714 Å². The van der Waals surface area contributed by atoms with E-state index in [1.165, 1.54) is 39.7 Å². The number of phosphoric ester groups is 5. The Morgan fingerprint density at radius 1 is 0.388 bits per heavy atom. The van der Waals surface area contributed by atoms with Crippen LogP contribution in [0.1, 0.15) is 81.5 Å². The number of aliphatic hydroxyl groups excluding tert-OH is 2. The van der Waals surface area contributed by atoms with Crippen LogP contribution in [-0.2, 0) is 108 Å². The molecule has 6 aliphatic rings. The van der Waals surface area contributed by atoms with Gasteiger partial charge in [-0.25, -0.2) is 62.5 Å². The van der Waals surface area contributed by atoms with Gasteiger partial charge in [0.2, 0.25) is 23.8 Å². The summed E-state index contributed by atoms with van der Waals surface area (Å²) in [4.78, 5) is 192. The van der Waals surface area contributed by atoms with E-state index in [2.05, 4.69) is 79.7 Å². The van der Waals surface area contributed by atoms with E-state index in [9.17, 15) is 86.3 Å². The van der Waals surface area contributed by atoms with Gasteiger partial charge in [0.15, 0.2) is 56.1 Å². The third-order valence-corrected chi connectivity index (χ3v) is 26.4. The van der Waals surface area contributed by atoms with Gasteiger partial charge in [-0.3, -0.25) is 122 Å². The van der Waals surface area contributed by atoms with Crippen LogP contribution in [0.15, 0.2) is 72.9 Å². The summed E-state index contributed by atoms with van der Waals surface area (Å²) in [5.74, 6) is -1.47. The van der Waals surface area contributed by atoms with Gasteiger partial charge in [-0.15, -0.1) is 0 Å². The molecule has 11 aromatic heterocycles. The van der Waals surface area contributed by atoms with E-state index < -0.39 is 254 Å². The van der Waals surface area contributed by atoms with Crippen LogP contribution in [0.4, 0.5) is 29.6 Å². The molecular weight excluding hydrogens is 1840 g/mol. The number of nitrogen functional groups attached to an aromatic ring is 5. The van der Waals surface area contributed by atoms with E-state index >= 15 is 0 Å². The Kier molecular flexibility index (Phi) is 25.2. The predicted octanol–water partition coefficient (Wildman–Crippen LogP) is -3.40. The van der Waals surface area contributed by atoms with Crippen LogP contribution in [0.5, 0.6) is 0 Å². The highest BCUT2D eigenvalue weighted by atomic mass is 31.2. The third-order valence-electron chi connectivity index (χ3n) is 21.3. The number of nitrogens with zero attached hydrogens (tertiary/aromatic N) is 17. The molecule has 17 rings (SSSR count). The Morgan fingerprint density at radius 2 is 0.682 bits per heavy atom. The van der Waals surface area contributed by atoms with Gasteiger partial charge in [0, 0.05) is 63.8 Å². The van der Waals surface area contributed by atoms with Gasteiger partial charge in [0.05, 0.1) is 84.0 Å². The highest BCUT2D eigenvalue weighted by Gasteiger charge is 2.52. The van der Waals surface area contributed by atoms with Crippen LogP contribution < -0.4 is 62.2 Å². The van der Waals surface area contributed by atoms with Crippen LogP contribution in [0.2, 0.25) is 0 Å². The average Bonchev–Trinajstić information content (AvgIpc) is 1.62. The second-order valence-corrected chi connectivity index (χ2v) is 36.8. The number of fused-ring (bicyclic) bond motifs is 5. The normalized spacial score (nSPS) is 28.6. The number of rotatable bonds is 35. The molecular formula is C62H78N27O35P5. The van der Waals surface area contributed by atoms with Crippen molar-refractivity contribution in [2.24, 2.45) is 0 Å². The quantitative estimate of drug-likeness (QED) is 0.0172. The molecule has 67 heteroatoms. The second-order valence-electron chi connectivity index (χ2n) is 29.7. The van der Waals surface area contributed by atoms with Crippen molar-refractivity contribution in [3.05, 3.63) is 112 Å². The number of hydrogen-bond acceptors (Lipinski definition) is 46. The molecule has 17 heterocycles. The molecule has 6 aliphatic heterocycles. The van der Waals surface area contributed by atoms with Gasteiger partial charge in [0.1, 0.15) is 116 Å². The lowest BCUT2D eigenvalue weighted by molar-refractivity contribution is -0.0640. The van der Waals surface area contributed by atoms with Crippen LogP contribution in [0, 0.1) is 0 Å². The minimum absolute atomic E-state index is 0.00132. The van der Waals surface area contributed by atoms with Crippen molar-refractivity contribution in [2.75, 3.05) is 82.0 Å². The minimum atomic E-state index is -5.68. The van der Waals surface area contributed by atoms with Crippen LogP contribution in [0.3, 0.4) is 0 Å². The first-order valence-corrected chi connectivity index (χ1v) is 45.9. The highest BCUT2D eigenvalue weighted by molar-refractivity contribution is 7.48. The van der Waals surface area contributed by atoms with Crippen molar-refractivity contribution in [1.29, 1.82) is 0 Å². The molecule has 129 heavy (non-hydrogen) atoms. The molecule has 0 aliphatic carbocycles. The van der Waals surface area contributed by atoms with Gasteiger partial charge < -0.3 is 96.5 Å². The Balaban J connectivity index is 0.593. The van der Waals surface area contributed by atoms with Crippen molar-refractivity contribution in [3.8, 4) is 0 Å². The second kappa shape index (κ2) is 35.8. The van der Waals surface area contributed by atoms with Crippen LogP contribution in [-0.4, -0.2) is 268 Å². The molecule has 0 amide bonds. The summed E-state index contributed by atoms with van der Waals surface area (Å²) in [5.41, 5.74) is 23.6. The molecule has 0 saturated carbocycles. The fourth-order valence-corrected chi connectivity index (χ4v) is 20.2. The molecule has 696 valence electrons. The van der Waals surface area contributed by atoms with E-state index in [1.807, 2.05) is 0 Å². The summed E-state index contributed by atoms with van der Waals surface area (Å²) < 4.78 is 176. The summed E-state index contributed by atoms with van der Waals surface area (Å²) in [5, 5.41) is 21.4. The lowest BCUT2D eigenvalue weighted by Gasteiger charge is -2.26. The molecule has 22 N–H and O–H groups in total. The number of anilines is 5. The van der Waals surface area contributed by atoms with E-state index in [1.54, 1.807) is 0 Å². The Morgan fingerprint density at radius 3 is 1.02 bits per heavy atom. The molecule has 23 unspecified atom stereocenters. The zero-order chi connectivity index (χ0) is 91.2. The largest absolute Gasteiger partial charge is 0.472 e. The van der Waals surface area contributed by atoms with Gasteiger partial charge in [0.25, 0.3) is 27.8 Å². The maximum absolute atomic E-state index is 14.7. The van der Waals surface area contributed by atoms with E-state index in [4.69, 9.17) is 107 Å². The first-order chi connectivity index (χ1) is 61.3. The smallest absolute Gasteiger partial charge is 0.394 e. The van der Waals surface area contributed by atoms with Crippen molar-refractivity contribution in [3.63, 3.8) is 0 Å². The summed E-state index contributed by atoms with van der Waals surface area (Å²) in [6.45, 7) is -5.87. The Bertz CT molecular complexity index is 6740. The van der Waals surface area contributed by atoms with Gasteiger partial charge in [-0.1, -0.05) is 0 Å². The molecule has 0 radical (unpaired) electrons. The number of aromatic nitrogens is 22. The third kappa shape index (κ3) is 19.3. The zero-order valence-corrected chi connectivity index (χ0v) is 70.6. The highest BCUT2D eigenvalue weighted by Crippen LogP contribution is 2.57. The number of nitrogens with two attached hydrogens (primary N) is 5. The molecule has 0 bridgehead atoms. The standard InChI is InChI=1S/C62H78N27O35P5/c1-108-3-2-23-10-84(62(97)83-53(23)92)37-5-25(30(11-90)114-37)120-126(100,101)110-14-33-27(7-39(117-33)87-20-72-44-50(87)76-59(65)80-55(44)94)122-128(104,105)112-16-35-29(9-41(119-35)89-22-74-46-52(89)78-61(67)82-57(46)96)124-129(106,107)113-15-34-28(8-40(118-34)88-21-73-45-51(88)77-60(66)81-56(45)95)123-127(102,103)111-13-32-26(6-38(116-32)85-18-70-42-47(63)68-17-69-48(42)85)121-125(98,99)109-12-31-24(91)4-36(115-31)86-19-71-43-49(86)75-58(64)79-54(43)93/h10,17-22,24-41,90-91H,2-9,11-16H2,1H3,(H,98,99)(H,100,101)(H,102,103)(H,104,105)(H,106,107)(H2,63,68,69)(H,83,92,97)(H3,64,75,79,93)(H3,65,76,80,94)(H3,66,77,81,95)(H3,67,78,82,96). The molecule has 6 fully saturated rings. The van der Waals surface area contributed by atoms with Gasteiger partial charge in [-0.2, -0.15) is 19.9 Å². The van der Waals surface area contributed by atoms with Crippen LogP contribution >= 0.6 is 39.1 Å². The number of imidazole rings is 5. The molecule has 62 nitrogen and oxygen atoms in total. The van der Waals surface area contributed by atoms with Crippen LogP contribution in [0.25, 0.3) is 55.8 Å². The number of hydrogen-bond donors (Lipinski definition) is 17. The summed E-state index contributed by atoms with van der Waals surface area (Å²) >= 11 is 0. The topological polar surface area (TPSA) is 867 Å². The molecule has 11 aromatic rings. The number of phosphoric acid groups is 5. The lowest BCUT2D eigenvalue weighted by atomic mass is 10.2. The summed E-state index contributed by atoms with van der Waals surface area (Å²) in [6, 6.07) is 0. The number of H-pyrrole nitrogens is 5. The molecule has 0 aromatic carbocycles. The van der Waals surface area contributed by atoms with Gasteiger partial charge >= 0.3 is 44.8 Å². The van der Waals surface area contributed by atoms with E-state index in [0.717, 1.165) is 39.0 Å². The molecule has 23 atom stereocenters. The molecule has 0 spiro atoms. The zero-order valence-electron chi connectivity index (χ0n) is 66.1. The van der Waals surface area contributed by atoms with E-state index in [0.29, 0.717) is 0 Å². The first-order valence-electron chi connectivity index (χ1n) is 38.5.